The molecule has 6 nitrogen and oxygen atoms in total. The Morgan fingerprint density at radius 3 is 2.71 bits per heavy atom. The number of aromatic amines is 1. The molecule has 0 aliphatic rings. The Kier molecular flexibility index (Phi) is 4.49. The average molecular weight is 376 g/mol. The van der Waals surface area contributed by atoms with Crippen molar-refractivity contribution < 1.29 is 13.9 Å². The monoisotopic (exact) mass is 376 g/mol. The molecule has 4 aromatic rings. The van der Waals surface area contributed by atoms with E-state index in [1.807, 2.05) is 30.3 Å². The van der Waals surface area contributed by atoms with Gasteiger partial charge in [-0.15, -0.1) is 0 Å². The minimum absolute atomic E-state index is 0.00157. The van der Waals surface area contributed by atoms with E-state index in [1.54, 1.807) is 19.4 Å². The topological polar surface area (TPSA) is 79.9 Å². The molecule has 7 heteroatoms. The SMILES string of the molecule is CNC(=O)c1ccc(-c2cnc3[nH]nc(-c4ccccc4OC)c3c2)cc1F. The molecule has 2 aromatic heterocycles. The number of nitrogens with zero attached hydrogens (tertiary/aromatic N) is 2. The molecule has 4 rings (SSSR count). The lowest BCUT2D eigenvalue weighted by Gasteiger charge is -2.07. The van der Waals surface area contributed by atoms with Gasteiger partial charge >= 0.3 is 0 Å². The van der Waals surface area contributed by atoms with Gasteiger partial charge in [0.1, 0.15) is 17.3 Å². The highest BCUT2D eigenvalue weighted by atomic mass is 19.1. The molecule has 0 radical (unpaired) electrons. The minimum atomic E-state index is -0.589. The Labute approximate surface area is 160 Å². The minimum Gasteiger partial charge on any atom is -0.496 e. The van der Waals surface area contributed by atoms with E-state index >= 15 is 0 Å². The third-order valence-corrected chi connectivity index (χ3v) is 4.55. The van der Waals surface area contributed by atoms with Crippen molar-refractivity contribution in [3.63, 3.8) is 0 Å². The number of hydrogen-bond donors (Lipinski definition) is 2. The first-order valence-electron chi connectivity index (χ1n) is 8.62. The van der Waals surface area contributed by atoms with Crippen LogP contribution in [0.15, 0.2) is 54.7 Å². The molecule has 2 aromatic carbocycles. The lowest BCUT2D eigenvalue weighted by Crippen LogP contribution is -2.19. The van der Waals surface area contributed by atoms with Gasteiger partial charge in [-0.3, -0.25) is 9.89 Å². The van der Waals surface area contributed by atoms with Gasteiger partial charge in [0.25, 0.3) is 5.91 Å². The molecule has 140 valence electrons. The van der Waals surface area contributed by atoms with E-state index in [4.69, 9.17) is 4.74 Å². The maximum absolute atomic E-state index is 14.4. The molecule has 0 aliphatic carbocycles. The fourth-order valence-corrected chi connectivity index (χ4v) is 3.12. The molecule has 0 atom stereocenters. The number of ether oxygens (including phenoxy) is 1. The first-order chi connectivity index (χ1) is 13.6. The molecular weight excluding hydrogens is 359 g/mol. The van der Waals surface area contributed by atoms with E-state index in [2.05, 4.69) is 20.5 Å². The maximum Gasteiger partial charge on any atom is 0.253 e. The van der Waals surface area contributed by atoms with Crippen LogP contribution in [0.1, 0.15) is 10.4 Å². The number of methoxy groups -OCH3 is 1. The van der Waals surface area contributed by atoms with E-state index < -0.39 is 11.7 Å². The molecule has 0 fully saturated rings. The number of rotatable bonds is 4. The highest BCUT2D eigenvalue weighted by Crippen LogP contribution is 2.34. The van der Waals surface area contributed by atoms with Gasteiger partial charge in [0, 0.05) is 29.8 Å². The van der Waals surface area contributed by atoms with Crippen molar-refractivity contribution in [3.8, 4) is 28.1 Å². The van der Waals surface area contributed by atoms with Crippen LogP contribution < -0.4 is 10.1 Å². The van der Waals surface area contributed by atoms with Gasteiger partial charge in [0.05, 0.1) is 12.7 Å². The number of H-pyrrole nitrogens is 1. The van der Waals surface area contributed by atoms with E-state index in [0.717, 1.165) is 10.9 Å². The first-order valence-corrected chi connectivity index (χ1v) is 8.62. The number of pyridine rings is 1. The predicted molar refractivity (Wildman–Crippen MR) is 105 cm³/mol. The second kappa shape index (κ2) is 7.11. The Balaban J connectivity index is 1.82. The van der Waals surface area contributed by atoms with Crippen LogP contribution >= 0.6 is 0 Å². The molecular formula is C21H17FN4O2. The number of nitrogens with one attached hydrogen (secondary N) is 2. The Hall–Kier alpha value is -3.74. The van der Waals surface area contributed by atoms with Crippen LogP contribution in [0.4, 0.5) is 4.39 Å². The van der Waals surface area contributed by atoms with Crippen LogP contribution in [0.2, 0.25) is 0 Å². The first kappa shape index (κ1) is 17.7. The summed E-state index contributed by atoms with van der Waals surface area (Å²) in [4.78, 5) is 16.1. The lowest BCUT2D eigenvalue weighted by atomic mass is 10.0. The summed E-state index contributed by atoms with van der Waals surface area (Å²) in [6, 6.07) is 13.9. The van der Waals surface area contributed by atoms with Crippen LogP contribution in [-0.2, 0) is 0 Å². The molecule has 28 heavy (non-hydrogen) atoms. The Morgan fingerprint density at radius 1 is 1.14 bits per heavy atom. The highest BCUT2D eigenvalue weighted by Gasteiger charge is 2.15. The number of amides is 1. The summed E-state index contributed by atoms with van der Waals surface area (Å²) in [7, 11) is 3.07. The van der Waals surface area contributed by atoms with Crippen LogP contribution in [0.5, 0.6) is 5.75 Å². The van der Waals surface area contributed by atoms with Gasteiger partial charge in [-0.05, 0) is 35.9 Å². The Morgan fingerprint density at radius 2 is 1.96 bits per heavy atom. The van der Waals surface area contributed by atoms with Gasteiger partial charge in [0.15, 0.2) is 5.65 Å². The van der Waals surface area contributed by atoms with Crippen molar-refractivity contribution in [1.29, 1.82) is 0 Å². The number of hydrogen-bond acceptors (Lipinski definition) is 4. The van der Waals surface area contributed by atoms with Crippen LogP contribution in [0.25, 0.3) is 33.4 Å². The van der Waals surface area contributed by atoms with Crippen molar-refractivity contribution in [2.45, 2.75) is 0 Å². The van der Waals surface area contributed by atoms with E-state index in [-0.39, 0.29) is 5.56 Å². The molecule has 2 heterocycles. The largest absolute Gasteiger partial charge is 0.496 e. The van der Waals surface area contributed by atoms with Crippen LogP contribution in [0.3, 0.4) is 0 Å². The molecule has 1 amide bonds. The van der Waals surface area contributed by atoms with Crippen molar-refractivity contribution in [3.05, 3.63) is 66.1 Å². The van der Waals surface area contributed by atoms with Gasteiger partial charge < -0.3 is 10.1 Å². The number of carbonyl (C=O) groups is 1. The third kappa shape index (κ3) is 2.96. The highest BCUT2D eigenvalue weighted by molar-refractivity contribution is 5.96. The number of halogens is 1. The molecule has 2 N–H and O–H groups in total. The second-order valence-electron chi connectivity index (χ2n) is 6.17. The molecule has 0 spiro atoms. The lowest BCUT2D eigenvalue weighted by molar-refractivity contribution is 0.0959. The molecule has 0 saturated heterocycles. The van der Waals surface area contributed by atoms with E-state index in [9.17, 15) is 9.18 Å². The molecule has 0 unspecified atom stereocenters. The quantitative estimate of drug-likeness (QED) is 0.568. The summed E-state index contributed by atoms with van der Waals surface area (Å²) in [5.41, 5.74) is 3.48. The van der Waals surface area contributed by atoms with Gasteiger partial charge in [-0.1, -0.05) is 18.2 Å². The van der Waals surface area contributed by atoms with Crippen LogP contribution in [-0.4, -0.2) is 35.2 Å². The fraction of sp³-hybridized carbons (Fsp3) is 0.0952. The zero-order valence-corrected chi connectivity index (χ0v) is 15.3. The predicted octanol–water partition coefficient (Wildman–Crippen LogP) is 3.80. The molecule has 0 aliphatic heterocycles. The normalized spacial score (nSPS) is 10.8. The average Bonchev–Trinajstić information content (AvgIpc) is 3.16. The smallest absolute Gasteiger partial charge is 0.253 e. The number of benzene rings is 2. The van der Waals surface area contributed by atoms with Crippen molar-refractivity contribution in [2.75, 3.05) is 14.2 Å². The number of carbonyl (C=O) groups excluding carboxylic acids is 1. The summed E-state index contributed by atoms with van der Waals surface area (Å²) in [6.45, 7) is 0. The van der Waals surface area contributed by atoms with Crippen LogP contribution in [0, 0.1) is 5.82 Å². The molecule has 0 saturated carbocycles. The van der Waals surface area contributed by atoms with Gasteiger partial charge in [0.2, 0.25) is 0 Å². The van der Waals surface area contributed by atoms with E-state index in [0.29, 0.717) is 28.2 Å². The number of para-hydroxylation sites is 1. The zero-order chi connectivity index (χ0) is 19.7. The zero-order valence-electron chi connectivity index (χ0n) is 15.3. The maximum atomic E-state index is 14.4. The standard InChI is InChI=1S/C21H17FN4O2/c1-23-21(27)14-8-7-12(10-17(14)22)13-9-16-19(25-26-20(16)24-11-13)15-5-3-4-6-18(15)28-2/h3-11H,1-2H3,(H,23,27)(H,24,25,26). The molecule has 0 bridgehead atoms. The summed E-state index contributed by atoms with van der Waals surface area (Å²) in [6.07, 6.45) is 1.64. The van der Waals surface area contributed by atoms with E-state index in [1.165, 1.54) is 19.2 Å². The van der Waals surface area contributed by atoms with Crippen molar-refractivity contribution in [2.24, 2.45) is 0 Å². The van der Waals surface area contributed by atoms with Crippen molar-refractivity contribution in [1.82, 2.24) is 20.5 Å². The summed E-state index contributed by atoms with van der Waals surface area (Å²) in [5, 5.41) is 10.5. The number of aromatic nitrogens is 3. The fourth-order valence-electron chi connectivity index (χ4n) is 3.12. The third-order valence-electron chi connectivity index (χ3n) is 4.55. The summed E-state index contributed by atoms with van der Waals surface area (Å²) in [5.74, 6) is -0.359. The summed E-state index contributed by atoms with van der Waals surface area (Å²) < 4.78 is 19.8. The number of fused-ring (bicyclic) bond motifs is 1. The van der Waals surface area contributed by atoms with Crippen molar-refractivity contribution >= 4 is 16.9 Å². The second-order valence-corrected chi connectivity index (χ2v) is 6.17. The summed E-state index contributed by atoms with van der Waals surface area (Å²) >= 11 is 0. The van der Waals surface area contributed by atoms with Gasteiger partial charge in [-0.25, -0.2) is 9.37 Å². The van der Waals surface area contributed by atoms with Gasteiger partial charge in [-0.2, -0.15) is 5.10 Å². The Bertz CT molecular complexity index is 1190.